The SMILES string of the molecule is COC(=O)/C=C/c1cc(Cc2ccccc2)c2oc(-c3ccccc3)c(OCCCN3C(=O)c4ccccc4C3=O)c(=O)c2c1. The number of nitrogens with zero attached hydrogens (tertiary/aromatic N) is 1. The second-order valence-electron chi connectivity index (χ2n) is 10.5. The number of carbonyl (C=O) groups excluding carboxylic acids is 3. The molecule has 0 saturated heterocycles. The average Bonchev–Trinajstić information content (AvgIpc) is 3.32. The third-order valence-corrected chi connectivity index (χ3v) is 7.59. The Morgan fingerprint density at radius 3 is 2.16 bits per heavy atom. The number of hydrogen-bond donors (Lipinski definition) is 0. The molecule has 2 heterocycles. The van der Waals surface area contributed by atoms with Gasteiger partial charge in [-0.3, -0.25) is 19.3 Å². The van der Waals surface area contributed by atoms with Crippen LogP contribution < -0.4 is 10.2 Å². The molecule has 0 bridgehead atoms. The fourth-order valence-electron chi connectivity index (χ4n) is 5.40. The van der Waals surface area contributed by atoms with Gasteiger partial charge < -0.3 is 13.9 Å². The maximum atomic E-state index is 14.2. The van der Waals surface area contributed by atoms with Gasteiger partial charge in [-0.2, -0.15) is 0 Å². The van der Waals surface area contributed by atoms with Crippen LogP contribution >= 0.6 is 0 Å². The van der Waals surface area contributed by atoms with Gasteiger partial charge in [-0.15, -0.1) is 0 Å². The van der Waals surface area contributed by atoms with Crippen molar-refractivity contribution in [2.24, 2.45) is 0 Å². The molecule has 0 N–H and O–H groups in total. The first-order chi connectivity index (χ1) is 21.9. The predicted molar refractivity (Wildman–Crippen MR) is 170 cm³/mol. The van der Waals surface area contributed by atoms with Crippen LogP contribution in [0.5, 0.6) is 5.75 Å². The Bertz CT molecular complexity index is 1960. The number of benzene rings is 4. The van der Waals surface area contributed by atoms with Crippen molar-refractivity contribution in [1.82, 2.24) is 4.90 Å². The van der Waals surface area contributed by atoms with E-state index < -0.39 is 5.97 Å². The largest absolute Gasteiger partial charge is 0.486 e. The Labute approximate surface area is 259 Å². The van der Waals surface area contributed by atoms with Gasteiger partial charge in [-0.25, -0.2) is 4.79 Å². The van der Waals surface area contributed by atoms with Crippen LogP contribution in [0.1, 0.15) is 43.8 Å². The molecular weight excluding hydrogens is 570 g/mol. The van der Waals surface area contributed by atoms with Gasteiger partial charge in [-0.1, -0.05) is 72.8 Å². The molecule has 4 aromatic carbocycles. The quantitative estimate of drug-likeness (QED) is 0.0803. The van der Waals surface area contributed by atoms with Gasteiger partial charge >= 0.3 is 5.97 Å². The van der Waals surface area contributed by atoms with Crippen molar-refractivity contribution in [2.75, 3.05) is 20.3 Å². The monoisotopic (exact) mass is 599 g/mol. The van der Waals surface area contributed by atoms with Crippen LogP contribution in [0, 0.1) is 0 Å². The molecule has 2 amide bonds. The Kier molecular flexibility index (Phi) is 8.37. The molecule has 8 nitrogen and oxygen atoms in total. The fraction of sp³-hybridized carbons (Fsp3) is 0.135. The van der Waals surface area contributed by atoms with E-state index in [-0.39, 0.29) is 41.9 Å². The molecule has 6 rings (SSSR count). The van der Waals surface area contributed by atoms with Crippen LogP contribution in [0.25, 0.3) is 28.4 Å². The average molecular weight is 600 g/mol. The van der Waals surface area contributed by atoms with E-state index in [0.717, 1.165) is 11.1 Å². The Morgan fingerprint density at radius 2 is 1.49 bits per heavy atom. The molecule has 0 unspecified atom stereocenters. The van der Waals surface area contributed by atoms with Crippen molar-refractivity contribution in [2.45, 2.75) is 12.8 Å². The summed E-state index contributed by atoms with van der Waals surface area (Å²) in [5.41, 5.74) is 3.86. The van der Waals surface area contributed by atoms with E-state index in [4.69, 9.17) is 13.9 Å². The number of imide groups is 1. The molecule has 0 spiro atoms. The van der Waals surface area contributed by atoms with Crippen molar-refractivity contribution in [3.63, 3.8) is 0 Å². The van der Waals surface area contributed by atoms with Crippen LogP contribution in [-0.2, 0) is 16.0 Å². The number of hydrogen-bond acceptors (Lipinski definition) is 7. The molecule has 0 aliphatic carbocycles. The smallest absolute Gasteiger partial charge is 0.330 e. The van der Waals surface area contributed by atoms with Gasteiger partial charge in [-0.05, 0) is 47.9 Å². The summed E-state index contributed by atoms with van der Waals surface area (Å²) in [6, 6.07) is 29.3. The van der Waals surface area contributed by atoms with Crippen LogP contribution in [0.15, 0.2) is 112 Å². The lowest BCUT2D eigenvalue weighted by atomic mass is 9.98. The molecule has 224 valence electrons. The number of rotatable bonds is 10. The minimum atomic E-state index is -0.520. The number of esters is 1. The number of methoxy groups -OCH3 is 1. The van der Waals surface area contributed by atoms with Gasteiger partial charge in [0.2, 0.25) is 11.2 Å². The molecule has 0 atom stereocenters. The van der Waals surface area contributed by atoms with Gasteiger partial charge in [0.25, 0.3) is 11.8 Å². The van der Waals surface area contributed by atoms with Crippen molar-refractivity contribution in [3.8, 4) is 17.1 Å². The third-order valence-electron chi connectivity index (χ3n) is 7.59. The number of carbonyl (C=O) groups is 3. The first kappa shape index (κ1) is 29.3. The van der Waals surface area contributed by atoms with Crippen LogP contribution in [0.4, 0.5) is 0 Å². The number of amides is 2. The minimum absolute atomic E-state index is 0.0239. The first-order valence-corrected chi connectivity index (χ1v) is 14.5. The standard InChI is InChI=1S/C37H29NO7/c1-43-31(39)18-17-25-22-27(21-24-11-4-2-5-12-24)33-30(23-25)32(40)35(34(45-33)26-13-6-3-7-14-26)44-20-10-19-38-36(41)28-15-8-9-16-29(28)37(38)42/h2-9,11-18,22-23H,10,19-21H2,1H3/b18-17+. The zero-order chi connectivity index (χ0) is 31.3. The normalized spacial score (nSPS) is 12.6. The van der Waals surface area contributed by atoms with Crippen LogP contribution in [0.2, 0.25) is 0 Å². The highest BCUT2D eigenvalue weighted by Crippen LogP contribution is 2.34. The molecule has 0 saturated carbocycles. The van der Waals surface area contributed by atoms with Crippen molar-refractivity contribution in [3.05, 3.63) is 141 Å². The Morgan fingerprint density at radius 1 is 0.844 bits per heavy atom. The molecule has 45 heavy (non-hydrogen) atoms. The number of ether oxygens (including phenoxy) is 2. The summed E-state index contributed by atoms with van der Waals surface area (Å²) in [5.74, 6) is -0.904. The summed E-state index contributed by atoms with van der Waals surface area (Å²) in [4.78, 5) is 52.8. The molecule has 0 radical (unpaired) electrons. The van der Waals surface area contributed by atoms with E-state index in [0.29, 0.717) is 46.1 Å². The fourth-order valence-corrected chi connectivity index (χ4v) is 5.40. The lowest BCUT2D eigenvalue weighted by Crippen LogP contribution is -2.31. The summed E-state index contributed by atoms with van der Waals surface area (Å²) < 4.78 is 17.4. The lowest BCUT2D eigenvalue weighted by Gasteiger charge is -2.16. The molecule has 1 aliphatic heterocycles. The Balaban J connectivity index is 1.37. The van der Waals surface area contributed by atoms with Gasteiger partial charge in [0, 0.05) is 30.2 Å². The first-order valence-electron chi connectivity index (χ1n) is 14.5. The summed E-state index contributed by atoms with van der Waals surface area (Å²) in [5, 5.41) is 0.294. The molecule has 0 fully saturated rings. The third kappa shape index (κ3) is 6.03. The maximum Gasteiger partial charge on any atom is 0.330 e. The van der Waals surface area contributed by atoms with Crippen LogP contribution in [-0.4, -0.2) is 42.9 Å². The van der Waals surface area contributed by atoms with Crippen molar-refractivity contribution >= 4 is 34.8 Å². The van der Waals surface area contributed by atoms with E-state index in [1.54, 1.807) is 36.4 Å². The lowest BCUT2D eigenvalue weighted by molar-refractivity contribution is -0.134. The summed E-state index contributed by atoms with van der Waals surface area (Å²) in [6.45, 7) is 0.192. The minimum Gasteiger partial charge on any atom is -0.486 e. The number of fused-ring (bicyclic) bond motifs is 2. The van der Waals surface area contributed by atoms with Crippen molar-refractivity contribution < 1.29 is 28.3 Å². The second-order valence-corrected chi connectivity index (χ2v) is 10.5. The highest BCUT2D eigenvalue weighted by molar-refractivity contribution is 6.21. The topological polar surface area (TPSA) is 103 Å². The summed E-state index contributed by atoms with van der Waals surface area (Å²) in [6.07, 6.45) is 3.67. The zero-order valence-electron chi connectivity index (χ0n) is 24.5. The molecular formula is C37H29NO7. The van der Waals surface area contributed by atoms with Gasteiger partial charge in [0.1, 0.15) is 5.58 Å². The summed E-state index contributed by atoms with van der Waals surface area (Å²) >= 11 is 0. The van der Waals surface area contributed by atoms with E-state index in [2.05, 4.69) is 0 Å². The molecule has 1 aliphatic rings. The van der Waals surface area contributed by atoms with Gasteiger partial charge in [0.05, 0.1) is 30.2 Å². The maximum absolute atomic E-state index is 14.2. The highest BCUT2D eigenvalue weighted by atomic mass is 16.5. The predicted octanol–water partition coefficient (Wildman–Crippen LogP) is 6.30. The van der Waals surface area contributed by atoms with Gasteiger partial charge in [0.15, 0.2) is 5.76 Å². The highest BCUT2D eigenvalue weighted by Gasteiger charge is 2.34. The summed E-state index contributed by atoms with van der Waals surface area (Å²) in [7, 11) is 1.30. The van der Waals surface area contributed by atoms with E-state index in [1.807, 2.05) is 66.7 Å². The molecule has 1 aromatic heterocycles. The van der Waals surface area contributed by atoms with Crippen LogP contribution in [0.3, 0.4) is 0 Å². The van der Waals surface area contributed by atoms with E-state index in [1.165, 1.54) is 18.1 Å². The zero-order valence-corrected chi connectivity index (χ0v) is 24.5. The molecule has 5 aromatic rings. The molecule has 8 heteroatoms. The Hall–Kier alpha value is -5.76. The second kappa shape index (κ2) is 12.9. The van der Waals surface area contributed by atoms with Crippen molar-refractivity contribution in [1.29, 1.82) is 0 Å². The van der Waals surface area contributed by atoms with E-state index in [9.17, 15) is 19.2 Å². The van der Waals surface area contributed by atoms with E-state index >= 15 is 0 Å².